The summed E-state index contributed by atoms with van der Waals surface area (Å²) in [4.78, 5) is 12.0. The fourth-order valence-electron chi connectivity index (χ4n) is 2.43. The summed E-state index contributed by atoms with van der Waals surface area (Å²) in [6.07, 6.45) is 6.30. The number of benzene rings is 1. The third-order valence-corrected chi connectivity index (χ3v) is 3.72. The predicted octanol–water partition coefficient (Wildman–Crippen LogP) is 3.28. The average Bonchev–Trinajstić information content (AvgIpc) is 3.26. The summed E-state index contributed by atoms with van der Waals surface area (Å²) in [5, 5.41) is 7.21. The van der Waals surface area contributed by atoms with E-state index in [2.05, 4.69) is 10.4 Å². The number of nitrogens with zero attached hydrogens (tertiary/aromatic N) is 2. The second-order valence-electron chi connectivity index (χ2n) is 5.41. The molecule has 3 rings (SSSR count). The molecular formula is C18H19N3O2. The summed E-state index contributed by atoms with van der Waals surface area (Å²) in [5.41, 5.74) is 2.06. The summed E-state index contributed by atoms with van der Waals surface area (Å²) >= 11 is 0. The smallest absolute Gasteiger partial charge is 0.220 e. The first-order chi connectivity index (χ1) is 11.2. The van der Waals surface area contributed by atoms with Gasteiger partial charge in [-0.2, -0.15) is 5.10 Å². The van der Waals surface area contributed by atoms with Crippen LogP contribution in [0.25, 0.3) is 5.69 Å². The molecule has 2 heterocycles. The van der Waals surface area contributed by atoms with Crippen LogP contribution < -0.4 is 5.32 Å². The Bertz CT molecular complexity index is 731. The first kappa shape index (κ1) is 15.1. The first-order valence-corrected chi connectivity index (χ1v) is 7.64. The van der Waals surface area contributed by atoms with Crippen LogP contribution in [0.15, 0.2) is 65.5 Å². The topological polar surface area (TPSA) is 60.1 Å². The molecule has 1 aromatic carbocycles. The first-order valence-electron chi connectivity index (χ1n) is 7.64. The highest BCUT2D eigenvalue weighted by molar-refractivity contribution is 5.76. The van der Waals surface area contributed by atoms with Crippen molar-refractivity contribution in [3.63, 3.8) is 0 Å². The highest BCUT2D eigenvalue weighted by Gasteiger charge is 2.10. The van der Waals surface area contributed by atoms with Crippen molar-refractivity contribution in [2.24, 2.45) is 0 Å². The van der Waals surface area contributed by atoms with E-state index < -0.39 is 0 Å². The van der Waals surface area contributed by atoms with Crippen LogP contribution in [-0.4, -0.2) is 15.7 Å². The van der Waals surface area contributed by atoms with Gasteiger partial charge in [0.15, 0.2) is 0 Å². The monoisotopic (exact) mass is 309 g/mol. The fourth-order valence-corrected chi connectivity index (χ4v) is 2.43. The van der Waals surface area contributed by atoms with Crippen molar-refractivity contribution in [1.29, 1.82) is 0 Å². The molecule has 0 aliphatic carbocycles. The zero-order valence-electron chi connectivity index (χ0n) is 13.0. The van der Waals surface area contributed by atoms with Gasteiger partial charge in [0.2, 0.25) is 5.91 Å². The summed E-state index contributed by atoms with van der Waals surface area (Å²) in [6, 6.07) is 13.6. The van der Waals surface area contributed by atoms with E-state index >= 15 is 0 Å². The summed E-state index contributed by atoms with van der Waals surface area (Å²) in [5.74, 6) is 0.849. The maximum absolute atomic E-state index is 12.0. The van der Waals surface area contributed by atoms with E-state index in [0.717, 1.165) is 17.0 Å². The molecule has 0 aliphatic rings. The molecule has 0 aliphatic heterocycles. The van der Waals surface area contributed by atoms with E-state index in [9.17, 15) is 4.79 Å². The van der Waals surface area contributed by atoms with Crippen molar-refractivity contribution < 1.29 is 9.21 Å². The lowest BCUT2D eigenvalue weighted by molar-refractivity contribution is -0.121. The lowest BCUT2D eigenvalue weighted by Gasteiger charge is -2.14. The Morgan fingerprint density at radius 3 is 2.74 bits per heavy atom. The van der Waals surface area contributed by atoms with Crippen molar-refractivity contribution in [3.8, 4) is 5.69 Å². The van der Waals surface area contributed by atoms with E-state index in [1.165, 1.54) is 0 Å². The van der Waals surface area contributed by atoms with E-state index in [1.54, 1.807) is 17.1 Å². The van der Waals surface area contributed by atoms with Crippen LogP contribution >= 0.6 is 0 Å². The Hall–Kier alpha value is -2.82. The number of amides is 1. The van der Waals surface area contributed by atoms with E-state index in [0.29, 0.717) is 12.8 Å². The molecule has 0 saturated carbocycles. The Morgan fingerprint density at radius 1 is 1.26 bits per heavy atom. The number of nitrogens with one attached hydrogen (secondary N) is 1. The minimum Gasteiger partial charge on any atom is -0.469 e. The van der Waals surface area contributed by atoms with Crippen molar-refractivity contribution in [2.45, 2.75) is 25.8 Å². The Morgan fingerprint density at radius 2 is 2.09 bits per heavy atom. The number of aromatic nitrogens is 2. The van der Waals surface area contributed by atoms with E-state index in [4.69, 9.17) is 4.42 Å². The lowest BCUT2D eigenvalue weighted by atomic mass is 10.1. The largest absolute Gasteiger partial charge is 0.469 e. The Kier molecular flexibility index (Phi) is 4.57. The SMILES string of the molecule is C[C@H](NC(=O)CCc1ccco1)c1ccc(-n2cccn2)cc1. The molecule has 0 spiro atoms. The van der Waals surface area contributed by atoms with Gasteiger partial charge in [-0.05, 0) is 42.8 Å². The second kappa shape index (κ2) is 6.96. The van der Waals surface area contributed by atoms with Gasteiger partial charge in [0.05, 0.1) is 18.0 Å². The van der Waals surface area contributed by atoms with Crippen LogP contribution in [0.5, 0.6) is 0 Å². The van der Waals surface area contributed by atoms with Gasteiger partial charge in [-0.1, -0.05) is 12.1 Å². The number of hydrogen-bond donors (Lipinski definition) is 1. The van der Waals surface area contributed by atoms with E-state index in [1.807, 2.05) is 55.6 Å². The van der Waals surface area contributed by atoms with Crippen LogP contribution in [0.2, 0.25) is 0 Å². The van der Waals surface area contributed by atoms with Crippen molar-refractivity contribution in [2.75, 3.05) is 0 Å². The van der Waals surface area contributed by atoms with Crippen molar-refractivity contribution in [3.05, 3.63) is 72.4 Å². The standard InChI is InChI=1S/C18H19N3O2/c1-14(20-18(22)10-9-17-4-2-13-23-17)15-5-7-16(8-6-15)21-12-3-11-19-21/h2-8,11-14H,9-10H2,1H3,(H,20,22)/t14-/m0/s1. The molecule has 0 fully saturated rings. The molecule has 0 bridgehead atoms. The van der Waals surface area contributed by atoms with Gasteiger partial charge in [-0.3, -0.25) is 4.79 Å². The normalized spacial score (nSPS) is 12.0. The molecular weight excluding hydrogens is 290 g/mol. The van der Waals surface area contributed by atoms with Crippen LogP contribution in [0.3, 0.4) is 0 Å². The molecule has 0 unspecified atom stereocenters. The van der Waals surface area contributed by atoms with Gasteiger partial charge in [0.25, 0.3) is 0 Å². The number of carbonyl (C=O) groups excluding carboxylic acids is 1. The van der Waals surface area contributed by atoms with E-state index in [-0.39, 0.29) is 11.9 Å². The minimum atomic E-state index is -0.0363. The molecule has 5 heteroatoms. The van der Waals surface area contributed by atoms with Gasteiger partial charge in [0.1, 0.15) is 5.76 Å². The maximum Gasteiger partial charge on any atom is 0.220 e. The number of rotatable bonds is 6. The van der Waals surface area contributed by atoms with Gasteiger partial charge >= 0.3 is 0 Å². The Balaban J connectivity index is 1.55. The highest BCUT2D eigenvalue weighted by atomic mass is 16.3. The number of carbonyl (C=O) groups is 1. The van der Waals surface area contributed by atoms with Crippen molar-refractivity contribution >= 4 is 5.91 Å². The fraction of sp³-hybridized carbons (Fsp3) is 0.222. The number of hydrogen-bond acceptors (Lipinski definition) is 3. The summed E-state index contributed by atoms with van der Waals surface area (Å²) in [6.45, 7) is 1.98. The van der Waals surface area contributed by atoms with Gasteiger partial charge < -0.3 is 9.73 Å². The van der Waals surface area contributed by atoms with Crippen LogP contribution in [0.4, 0.5) is 0 Å². The minimum absolute atomic E-state index is 0.0186. The second-order valence-corrected chi connectivity index (χ2v) is 5.41. The third kappa shape index (κ3) is 3.88. The number of aryl methyl sites for hydroxylation is 1. The highest BCUT2D eigenvalue weighted by Crippen LogP contribution is 2.15. The Labute approximate surface area is 134 Å². The zero-order chi connectivity index (χ0) is 16.1. The third-order valence-electron chi connectivity index (χ3n) is 3.72. The van der Waals surface area contributed by atoms with Gasteiger partial charge in [-0.15, -0.1) is 0 Å². The summed E-state index contributed by atoms with van der Waals surface area (Å²) in [7, 11) is 0. The van der Waals surface area contributed by atoms with Crippen LogP contribution in [0, 0.1) is 0 Å². The van der Waals surface area contributed by atoms with Crippen LogP contribution in [-0.2, 0) is 11.2 Å². The molecule has 1 N–H and O–H groups in total. The molecule has 1 amide bonds. The maximum atomic E-state index is 12.0. The quantitative estimate of drug-likeness (QED) is 0.760. The molecule has 0 saturated heterocycles. The molecule has 1 atom stereocenters. The zero-order valence-corrected chi connectivity index (χ0v) is 13.0. The molecule has 118 valence electrons. The lowest BCUT2D eigenvalue weighted by Crippen LogP contribution is -2.26. The van der Waals surface area contributed by atoms with Gasteiger partial charge in [-0.25, -0.2) is 4.68 Å². The molecule has 2 aromatic heterocycles. The molecule has 3 aromatic rings. The predicted molar refractivity (Wildman–Crippen MR) is 87.2 cm³/mol. The molecule has 5 nitrogen and oxygen atoms in total. The van der Waals surface area contributed by atoms with Crippen LogP contribution in [0.1, 0.15) is 30.7 Å². The average molecular weight is 309 g/mol. The number of furan rings is 1. The molecule has 23 heavy (non-hydrogen) atoms. The van der Waals surface area contributed by atoms with Gasteiger partial charge in [0, 0.05) is 25.2 Å². The summed E-state index contributed by atoms with van der Waals surface area (Å²) < 4.78 is 7.04. The van der Waals surface area contributed by atoms with Crippen molar-refractivity contribution in [1.82, 2.24) is 15.1 Å². The molecule has 0 radical (unpaired) electrons.